The molecule has 0 saturated heterocycles. The summed E-state index contributed by atoms with van der Waals surface area (Å²) in [4.78, 5) is 14.4. The predicted octanol–water partition coefficient (Wildman–Crippen LogP) is 2.53. The molecule has 1 saturated carbocycles. The lowest BCUT2D eigenvalue weighted by molar-refractivity contribution is 0.0669. The van der Waals surface area contributed by atoms with Crippen LogP contribution in [0.25, 0.3) is 0 Å². The number of hydrogen-bond donors (Lipinski definition) is 1. The third-order valence-corrected chi connectivity index (χ3v) is 4.58. The molecule has 1 aliphatic rings. The quantitative estimate of drug-likeness (QED) is 0.920. The highest BCUT2D eigenvalue weighted by Crippen LogP contribution is 2.29. The number of hydrogen-bond acceptors (Lipinski definition) is 3. The minimum absolute atomic E-state index is 0.0466. The van der Waals surface area contributed by atoms with E-state index in [0.717, 1.165) is 25.3 Å². The van der Waals surface area contributed by atoms with Gasteiger partial charge in [-0.2, -0.15) is 5.10 Å². The van der Waals surface area contributed by atoms with Gasteiger partial charge >= 0.3 is 0 Å². The van der Waals surface area contributed by atoms with Crippen molar-refractivity contribution in [1.29, 1.82) is 0 Å². The Morgan fingerprint density at radius 3 is 2.55 bits per heavy atom. The first-order valence-corrected chi connectivity index (χ1v) is 7.66. The first-order valence-electron chi connectivity index (χ1n) is 7.66. The number of carbonyl (C=O) groups excluding carboxylic acids is 1. The highest BCUT2D eigenvalue weighted by molar-refractivity contribution is 5.97. The zero-order valence-corrected chi connectivity index (χ0v) is 12.8. The van der Waals surface area contributed by atoms with Crippen molar-refractivity contribution < 1.29 is 4.79 Å². The van der Waals surface area contributed by atoms with E-state index in [-0.39, 0.29) is 5.91 Å². The van der Waals surface area contributed by atoms with Gasteiger partial charge in [0.05, 0.1) is 5.69 Å². The number of carbonyl (C=O) groups is 1. The van der Waals surface area contributed by atoms with E-state index in [9.17, 15) is 4.79 Å². The zero-order valence-electron chi connectivity index (χ0n) is 12.8. The van der Waals surface area contributed by atoms with Crippen LogP contribution in [-0.2, 0) is 6.54 Å². The van der Waals surface area contributed by atoms with Crippen LogP contribution >= 0.6 is 0 Å². The van der Waals surface area contributed by atoms with Gasteiger partial charge in [0, 0.05) is 25.8 Å². The summed E-state index contributed by atoms with van der Waals surface area (Å²) in [7, 11) is 1.88. The van der Waals surface area contributed by atoms with Gasteiger partial charge in [0.2, 0.25) is 0 Å². The van der Waals surface area contributed by atoms with E-state index >= 15 is 0 Å². The Bertz CT molecular complexity index is 460. The van der Waals surface area contributed by atoms with Gasteiger partial charge in [-0.05, 0) is 38.5 Å². The fraction of sp³-hybridized carbons (Fsp3) is 0.733. The molecule has 1 amide bonds. The van der Waals surface area contributed by atoms with E-state index in [1.54, 1.807) is 10.9 Å². The van der Waals surface area contributed by atoms with Crippen LogP contribution in [0, 0.1) is 5.92 Å². The molecule has 112 valence electrons. The second kappa shape index (κ2) is 6.29. The predicted molar refractivity (Wildman–Crippen MR) is 80.4 cm³/mol. The normalized spacial score (nSPS) is 22.8. The molecule has 1 aromatic heterocycles. The van der Waals surface area contributed by atoms with Crippen LogP contribution in [0.2, 0.25) is 0 Å². The zero-order chi connectivity index (χ0) is 14.7. The molecule has 2 N–H and O–H groups in total. The first-order chi connectivity index (χ1) is 9.56. The number of nitrogens with zero attached hydrogens (tertiary/aromatic N) is 3. The van der Waals surface area contributed by atoms with Crippen molar-refractivity contribution in [3.63, 3.8) is 0 Å². The topological polar surface area (TPSA) is 64.2 Å². The van der Waals surface area contributed by atoms with E-state index in [4.69, 9.17) is 5.73 Å². The summed E-state index contributed by atoms with van der Waals surface area (Å²) in [5.41, 5.74) is 6.77. The summed E-state index contributed by atoms with van der Waals surface area (Å²) in [6.07, 6.45) is 7.60. The maximum atomic E-state index is 12.5. The molecule has 0 bridgehead atoms. The average Bonchev–Trinajstić information content (AvgIpc) is 2.87. The molecule has 1 heterocycles. The fourth-order valence-corrected chi connectivity index (χ4v) is 3.04. The molecule has 5 nitrogen and oxygen atoms in total. The molecule has 1 aliphatic carbocycles. The van der Waals surface area contributed by atoms with Gasteiger partial charge in [-0.25, -0.2) is 0 Å². The van der Waals surface area contributed by atoms with E-state index in [1.807, 2.05) is 18.9 Å². The van der Waals surface area contributed by atoms with Gasteiger partial charge in [0.1, 0.15) is 0 Å². The van der Waals surface area contributed by atoms with E-state index in [1.165, 1.54) is 19.3 Å². The number of aryl methyl sites for hydroxylation is 1. The van der Waals surface area contributed by atoms with E-state index in [0.29, 0.717) is 17.4 Å². The van der Waals surface area contributed by atoms with Crippen molar-refractivity contribution in [2.45, 2.75) is 58.5 Å². The third-order valence-electron chi connectivity index (χ3n) is 4.58. The lowest BCUT2D eigenvalue weighted by Crippen LogP contribution is -2.39. The van der Waals surface area contributed by atoms with Gasteiger partial charge in [0.25, 0.3) is 5.91 Å². The third kappa shape index (κ3) is 2.97. The second-order valence-electron chi connectivity index (χ2n) is 5.79. The summed E-state index contributed by atoms with van der Waals surface area (Å²) >= 11 is 0. The summed E-state index contributed by atoms with van der Waals surface area (Å²) in [6.45, 7) is 4.96. The number of nitrogen functional groups attached to an aromatic ring is 1. The second-order valence-corrected chi connectivity index (χ2v) is 5.79. The standard InChI is InChI=1S/C15H26N4O/c1-4-11-6-8-12(9-7-11)18(3)15(20)14-13(16)10-19(5-2)17-14/h10-12H,4-9,16H2,1-3H3. The Morgan fingerprint density at radius 2 is 2.05 bits per heavy atom. The average molecular weight is 278 g/mol. The molecule has 0 radical (unpaired) electrons. The summed E-state index contributed by atoms with van der Waals surface area (Å²) in [6, 6.07) is 0.330. The number of rotatable bonds is 4. The largest absolute Gasteiger partial charge is 0.396 e. The van der Waals surface area contributed by atoms with Gasteiger partial charge in [-0.3, -0.25) is 9.48 Å². The van der Waals surface area contributed by atoms with Crippen molar-refractivity contribution >= 4 is 11.6 Å². The molecule has 0 atom stereocenters. The van der Waals surface area contributed by atoms with Crippen LogP contribution in [0.15, 0.2) is 6.20 Å². The Balaban J connectivity index is 2.03. The lowest BCUT2D eigenvalue weighted by Gasteiger charge is -2.34. The number of amides is 1. The van der Waals surface area contributed by atoms with Gasteiger partial charge in [-0.1, -0.05) is 13.3 Å². The fourth-order valence-electron chi connectivity index (χ4n) is 3.04. The number of anilines is 1. The smallest absolute Gasteiger partial charge is 0.276 e. The maximum Gasteiger partial charge on any atom is 0.276 e. The summed E-state index contributed by atoms with van der Waals surface area (Å²) in [5, 5.41) is 4.28. The van der Waals surface area contributed by atoms with Crippen molar-refractivity contribution in [1.82, 2.24) is 14.7 Å². The summed E-state index contributed by atoms with van der Waals surface area (Å²) < 4.78 is 1.71. The van der Waals surface area contributed by atoms with E-state index in [2.05, 4.69) is 12.0 Å². The molecular weight excluding hydrogens is 252 g/mol. The van der Waals surface area contributed by atoms with Crippen molar-refractivity contribution in [2.75, 3.05) is 12.8 Å². The van der Waals surface area contributed by atoms with Crippen LogP contribution < -0.4 is 5.73 Å². The number of nitrogens with two attached hydrogens (primary N) is 1. The molecule has 0 unspecified atom stereocenters. The minimum atomic E-state index is -0.0466. The SMILES string of the molecule is CCC1CCC(N(C)C(=O)c2nn(CC)cc2N)CC1. The van der Waals surface area contributed by atoms with Crippen LogP contribution in [0.1, 0.15) is 56.4 Å². The molecule has 0 aromatic carbocycles. The Hall–Kier alpha value is -1.52. The molecule has 5 heteroatoms. The molecule has 20 heavy (non-hydrogen) atoms. The van der Waals surface area contributed by atoms with Crippen LogP contribution in [0.5, 0.6) is 0 Å². The summed E-state index contributed by atoms with van der Waals surface area (Å²) in [5.74, 6) is 0.786. The first kappa shape index (κ1) is 14.9. The lowest BCUT2D eigenvalue weighted by atomic mass is 9.84. The molecular formula is C15H26N4O. The molecule has 1 fully saturated rings. The van der Waals surface area contributed by atoms with Gasteiger partial charge < -0.3 is 10.6 Å². The van der Waals surface area contributed by atoms with Crippen molar-refractivity contribution in [2.24, 2.45) is 5.92 Å². The minimum Gasteiger partial charge on any atom is -0.396 e. The Labute approximate surface area is 121 Å². The van der Waals surface area contributed by atoms with Crippen molar-refractivity contribution in [3.05, 3.63) is 11.9 Å². The highest BCUT2D eigenvalue weighted by atomic mass is 16.2. The van der Waals surface area contributed by atoms with Gasteiger partial charge in [0.15, 0.2) is 5.69 Å². The van der Waals surface area contributed by atoms with Crippen LogP contribution in [0.3, 0.4) is 0 Å². The molecule has 0 aliphatic heterocycles. The van der Waals surface area contributed by atoms with Crippen LogP contribution in [-0.4, -0.2) is 33.7 Å². The Morgan fingerprint density at radius 1 is 1.40 bits per heavy atom. The molecule has 1 aromatic rings. The van der Waals surface area contributed by atoms with E-state index < -0.39 is 0 Å². The Kier molecular flexibility index (Phi) is 4.68. The number of aromatic nitrogens is 2. The van der Waals surface area contributed by atoms with Crippen LogP contribution in [0.4, 0.5) is 5.69 Å². The highest BCUT2D eigenvalue weighted by Gasteiger charge is 2.28. The monoisotopic (exact) mass is 278 g/mol. The molecule has 2 rings (SSSR count). The maximum absolute atomic E-state index is 12.5. The van der Waals surface area contributed by atoms with Crippen molar-refractivity contribution in [3.8, 4) is 0 Å². The molecule has 0 spiro atoms. The van der Waals surface area contributed by atoms with Gasteiger partial charge in [-0.15, -0.1) is 0 Å².